The van der Waals surface area contributed by atoms with Crippen LogP contribution in [-0.4, -0.2) is 15.2 Å². The third-order valence-electron chi connectivity index (χ3n) is 3.90. The molecule has 2 heterocycles. The maximum Gasteiger partial charge on any atom is 0.153 e. The van der Waals surface area contributed by atoms with Gasteiger partial charge in [0.15, 0.2) is 5.82 Å². The minimum atomic E-state index is 0.770. The van der Waals surface area contributed by atoms with Gasteiger partial charge in [0.25, 0.3) is 0 Å². The average molecular weight is 346 g/mol. The van der Waals surface area contributed by atoms with Crippen LogP contribution in [0.15, 0.2) is 70.6 Å². The predicted octanol–water partition coefficient (Wildman–Crippen LogP) is 5.47. The lowest BCUT2D eigenvalue weighted by Crippen LogP contribution is -1.96. The summed E-state index contributed by atoms with van der Waals surface area (Å²) in [7, 11) is 0. The van der Waals surface area contributed by atoms with E-state index in [0.717, 1.165) is 33.1 Å². The highest BCUT2D eigenvalue weighted by Gasteiger charge is 2.09. The Hall–Kier alpha value is -2.79. The van der Waals surface area contributed by atoms with Crippen LogP contribution in [-0.2, 0) is 0 Å². The predicted molar refractivity (Wildman–Crippen MR) is 104 cm³/mol. The third kappa shape index (κ3) is 3.51. The molecular weight excluding hydrogens is 328 g/mol. The molecule has 0 aliphatic rings. The number of aromatic nitrogens is 3. The summed E-state index contributed by atoms with van der Waals surface area (Å²) in [4.78, 5) is 6.00. The minimum absolute atomic E-state index is 0.770. The fraction of sp³-hybridized carbons (Fsp3) is 0.100. The second-order valence-corrected chi connectivity index (χ2v) is 7.07. The highest BCUT2D eigenvalue weighted by atomic mass is 32.2. The number of nitrogens with one attached hydrogen (secondary N) is 2. The summed E-state index contributed by atoms with van der Waals surface area (Å²) < 4.78 is 0. The van der Waals surface area contributed by atoms with Gasteiger partial charge < -0.3 is 5.32 Å². The summed E-state index contributed by atoms with van der Waals surface area (Å²) in [5.41, 5.74) is 2.27. The standard InChI is InChI=1S/C20H18N4S/c1-13-7-9-16(10-8-13)25-20-17-6-4-3-5-15(17)12-18(22-20)21-19-11-14(2)23-24-19/h3-12H,1-2H3,(H2,21,22,23,24). The quantitative estimate of drug-likeness (QED) is 0.514. The molecule has 124 valence electrons. The van der Waals surface area contributed by atoms with Crippen molar-refractivity contribution >= 4 is 34.2 Å². The van der Waals surface area contributed by atoms with Crippen molar-refractivity contribution in [3.05, 3.63) is 71.9 Å². The summed E-state index contributed by atoms with van der Waals surface area (Å²) in [6.45, 7) is 4.07. The highest BCUT2D eigenvalue weighted by molar-refractivity contribution is 7.99. The van der Waals surface area contributed by atoms with E-state index in [2.05, 4.69) is 64.9 Å². The van der Waals surface area contributed by atoms with Crippen LogP contribution in [0.2, 0.25) is 0 Å². The number of pyridine rings is 1. The van der Waals surface area contributed by atoms with Crippen molar-refractivity contribution in [1.29, 1.82) is 0 Å². The number of rotatable bonds is 4. The zero-order valence-electron chi connectivity index (χ0n) is 14.1. The number of hydrogen-bond donors (Lipinski definition) is 2. The second kappa shape index (κ2) is 6.61. The average Bonchev–Trinajstić information content (AvgIpc) is 3.02. The smallest absolute Gasteiger partial charge is 0.153 e. The molecule has 0 spiro atoms. The lowest BCUT2D eigenvalue weighted by atomic mass is 10.2. The lowest BCUT2D eigenvalue weighted by molar-refractivity contribution is 1.04. The second-order valence-electron chi connectivity index (χ2n) is 6.01. The van der Waals surface area contributed by atoms with E-state index in [1.165, 1.54) is 10.5 Å². The van der Waals surface area contributed by atoms with Gasteiger partial charge in [-0.25, -0.2) is 4.98 Å². The van der Waals surface area contributed by atoms with E-state index in [4.69, 9.17) is 4.98 Å². The molecule has 0 unspecified atom stereocenters. The number of hydrogen-bond acceptors (Lipinski definition) is 4. The minimum Gasteiger partial charge on any atom is -0.323 e. The molecule has 4 aromatic rings. The molecule has 0 atom stereocenters. The molecular formula is C20H18N4S. The van der Waals surface area contributed by atoms with E-state index in [-0.39, 0.29) is 0 Å². The van der Waals surface area contributed by atoms with Crippen LogP contribution >= 0.6 is 11.8 Å². The lowest BCUT2D eigenvalue weighted by Gasteiger charge is -2.10. The van der Waals surface area contributed by atoms with Crippen molar-refractivity contribution in [3.8, 4) is 0 Å². The number of benzene rings is 2. The fourth-order valence-electron chi connectivity index (χ4n) is 2.64. The van der Waals surface area contributed by atoms with Crippen LogP contribution < -0.4 is 5.32 Å². The number of nitrogens with zero attached hydrogens (tertiary/aromatic N) is 2. The maximum atomic E-state index is 4.82. The van der Waals surface area contributed by atoms with Gasteiger partial charge in [0.05, 0.1) is 0 Å². The van der Waals surface area contributed by atoms with Crippen molar-refractivity contribution in [1.82, 2.24) is 15.2 Å². The topological polar surface area (TPSA) is 53.6 Å². The van der Waals surface area contributed by atoms with E-state index < -0.39 is 0 Å². The molecule has 4 rings (SSSR count). The van der Waals surface area contributed by atoms with Crippen LogP contribution in [0.5, 0.6) is 0 Å². The highest BCUT2D eigenvalue weighted by Crippen LogP contribution is 2.34. The Kier molecular flexibility index (Phi) is 4.15. The van der Waals surface area contributed by atoms with E-state index in [1.54, 1.807) is 11.8 Å². The Morgan fingerprint density at radius 2 is 1.72 bits per heavy atom. The van der Waals surface area contributed by atoms with Gasteiger partial charge in [0.2, 0.25) is 0 Å². The zero-order valence-corrected chi connectivity index (χ0v) is 14.9. The molecule has 2 N–H and O–H groups in total. The first kappa shape index (κ1) is 15.7. The Bertz CT molecular complexity index is 1020. The van der Waals surface area contributed by atoms with Crippen molar-refractivity contribution in [2.75, 3.05) is 5.32 Å². The molecule has 4 nitrogen and oxygen atoms in total. The van der Waals surface area contributed by atoms with Gasteiger partial charge in [-0.15, -0.1) is 0 Å². The van der Waals surface area contributed by atoms with Crippen molar-refractivity contribution in [2.45, 2.75) is 23.8 Å². The number of aromatic amines is 1. The zero-order chi connectivity index (χ0) is 17.2. The van der Waals surface area contributed by atoms with Crippen molar-refractivity contribution in [2.24, 2.45) is 0 Å². The first-order valence-electron chi connectivity index (χ1n) is 8.11. The van der Waals surface area contributed by atoms with Gasteiger partial charge in [-0.1, -0.05) is 53.7 Å². The molecule has 2 aromatic carbocycles. The number of fused-ring (bicyclic) bond motifs is 1. The molecule has 0 saturated heterocycles. The van der Waals surface area contributed by atoms with Gasteiger partial charge in [0, 0.05) is 22.0 Å². The van der Waals surface area contributed by atoms with Gasteiger partial charge in [-0.05, 0) is 37.4 Å². The van der Waals surface area contributed by atoms with Gasteiger partial charge in [0.1, 0.15) is 10.8 Å². The Labute approximate surface area is 150 Å². The summed E-state index contributed by atoms with van der Waals surface area (Å²) in [6.07, 6.45) is 0. The Morgan fingerprint density at radius 1 is 0.920 bits per heavy atom. The van der Waals surface area contributed by atoms with Crippen LogP contribution in [0.25, 0.3) is 10.8 Å². The van der Waals surface area contributed by atoms with E-state index >= 15 is 0 Å². The SMILES string of the molecule is Cc1ccc(Sc2nc(Nc3cc(C)[nH]n3)cc3ccccc23)cc1. The first-order chi connectivity index (χ1) is 12.2. The third-order valence-corrected chi connectivity index (χ3v) is 4.92. The normalized spacial score (nSPS) is 11.0. The summed E-state index contributed by atoms with van der Waals surface area (Å²) in [5, 5.41) is 13.7. The van der Waals surface area contributed by atoms with Gasteiger partial charge in [-0.2, -0.15) is 5.10 Å². The summed E-state index contributed by atoms with van der Waals surface area (Å²) in [5.74, 6) is 1.56. The van der Waals surface area contributed by atoms with Crippen LogP contribution in [0.4, 0.5) is 11.6 Å². The largest absolute Gasteiger partial charge is 0.323 e. The molecule has 25 heavy (non-hydrogen) atoms. The van der Waals surface area contributed by atoms with Crippen molar-refractivity contribution < 1.29 is 0 Å². The number of anilines is 2. The van der Waals surface area contributed by atoms with E-state index in [0.29, 0.717) is 0 Å². The molecule has 2 aromatic heterocycles. The monoisotopic (exact) mass is 346 g/mol. The fourth-order valence-corrected chi connectivity index (χ4v) is 3.58. The molecule has 0 bridgehead atoms. The Balaban J connectivity index is 1.74. The number of H-pyrrole nitrogens is 1. The Morgan fingerprint density at radius 3 is 2.48 bits per heavy atom. The molecule has 0 fully saturated rings. The molecule has 5 heteroatoms. The summed E-state index contributed by atoms with van der Waals surface area (Å²) >= 11 is 1.68. The van der Waals surface area contributed by atoms with Gasteiger partial charge >= 0.3 is 0 Å². The van der Waals surface area contributed by atoms with Crippen LogP contribution in [0, 0.1) is 13.8 Å². The van der Waals surface area contributed by atoms with E-state index in [9.17, 15) is 0 Å². The first-order valence-corrected chi connectivity index (χ1v) is 8.92. The molecule has 0 amide bonds. The molecule has 0 saturated carbocycles. The van der Waals surface area contributed by atoms with Gasteiger partial charge in [-0.3, -0.25) is 5.10 Å². The maximum absolute atomic E-state index is 4.82. The van der Waals surface area contributed by atoms with Crippen LogP contribution in [0.1, 0.15) is 11.3 Å². The number of aryl methyl sites for hydroxylation is 2. The van der Waals surface area contributed by atoms with E-state index in [1.807, 2.05) is 25.1 Å². The summed E-state index contributed by atoms with van der Waals surface area (Å²) in [6, 6.07) is 20.8. The molecule has 0 radical (unpaired) electrons. The molecule has 0 aliphatic heterocycles. The van der Waals surface area contributed by atoms with Crippen LogP contribution in [0.3, 0.4) is 0 Å². The molecule has 0 aliphatic carbocycles. The van der Waals surface area contributed by atoms with Crippen molar-refractivity contribution in [3.63, 3.8) is 0 Å².